The molecule has 5 heteroatoms. The van der Waals surface area contributed by atoms with Gasteiger partial charge in [-0.3, -0.25) is 9.89 Å². The Hall–Kier alpha value is -2.07. The van der Waals surface area contributed by atoms with Crippen molar-refractivity contribution in [2.75, 3.05) is 0 Å². The maximum absolute atomic E-state index is 12.8. The monoisotopic (exact) mass is 313 g/mol. The van der Waals surface area contributed by atoms with E-state index >= 15 is 0 Å². The molecule has 0 radical (unpaired) electrons. The average Bonchev–Trinajstić information content (AvgIpc) is 2.90. The summed E-state index contributed by atoms with van der Waals surface area (Å²) in [7, 11) is 0. The lowest BCUT2D eigenvalue weighted by Gasteiger charge is -2.26. The minimum atomic E-state index is -0.00289. The Labute approximate surface area is 132 Å². The predicted octanol–water partition coefficient (Wildman–Crippen LogP) is 3.53. The van der Waals surface area contributed by atoms with E-state index in [2.05, 4.69) is 5.10 Å². The molecule has 0 amide bonds. The van der Waals surface area contributed by atoms with Gasteiger partial charge in [-0.15, -0.1) is 0 Å². The molecule has 2 heterocycles. The van der Waals surface area contributed by atoms with Crippen molar-refractivity contribution in [2.24, 2.45) is 0 Å². The van der Waals surface area contributed by atoms with Gasteiger partial charge in [-0.2, -0.15) is 0 Å². The van der Waals surface area contributed by atoms with Crippen LogP contribution < -0.4 is 5.56 Å². The summed E-state index contributed by atoms with van der Waals surface area (Å²) in [4.78, 5) is 17.5. The van der Waals surface area contributed by atoms with E-state index in [1.54, 1.807) is 6.20 Å². The summed E-state index contributed by atoms with van der Waals surface area (Å²) in [6.45, 7) is 0. The van der Waals surface area contributed by atoms with Crippen LogP contribution in [0.4, 0.5) is 0 Å². The molecule has 3 aromatic rings. The van der Waals surface area contributed by atoms with Crippen LogP contribution in [0, 0.1) is 0 Å². The van der Waals surface area contributed by atoms with Gasteiger partial charge < -0.3 is 0 Å². The molecule has 112 valence electrons. The molecule has 0 bridgehead atoms. The van der Waals surface area contributed by atoms with Crippen LogP contribution in [0.1, 0.15) is 42.0 Å². The zero-order valence-corrected chi connectivity index (χ0v) is 12.8. The number of halogens is 1. The highest BCUT2D eigenvalue weighted by molar-refractivity contribution is 6.30. The molecule has 4 rings (SSSR count). The summed E-state index contributed by atoms with van der Waals surface area (Å²) >= 11 is 6.06. The molecular weight excluding hydrogens is 298 g/mol. The van der Waals surface area contributed by atoms with E-state index in [1.807, 2.05) is 30.3 Å². The van der Waals surface area contributed by atoms with E-state index < -0.39 is 0 Å². The van der Waals surface area contributed by atoms with Crippen molar-refractivity contribution in [1.29, 1.82) is 0 Å². The molecule has 0 saturated heterocycles. The molecule has 1 aliphatic rings. The molecule has 2 aromatic heterocycles. The first-order valence-electron chi connectivity index (χ1n) is 7.56. The fraction of sp³-hybridized carbons (Fsp3) is 0.294. The highest BCUT2D eigenvalue weighted by atomic mass is 35.5. The summed E-state index contributed by atoms with van der Waals surface area (Å²) < 4.78 is 1.52. The molecule has 0 unspecified atom stereocenters. The van der Waals surface area contributed by atoms with E-state index in [4.69, 9.17) is 16.6 Å². The first-order chi connectivity index (χ1) is 10.7. The first kappa shape index (κ1) is 13.6. The van der Waals surface area contributed by atoms with Crippen LogP contribution in [0.25, 0.3) is 5.65 Å². The van der Waals surface area contributed by atoms with Crippen LogP contribution >= 0.6 is 11.6 Å². The summed E-state index contributed by atoms with van der Waals surface area (Å²) in [6.07, 6.45) is 5.78. The van der Waals surface area contributed by atoms with E-state index in [0.717, 1.165) is 29.7 Å². The molecule has 0 aliphatic heterocycles. The number of H-pyrrole nitrogens is 1. The highest BCUT2D eigenvalue weighted by Crippen LogP contribution is 2.36. The van der Waals surface area contributed by atoms with E-state index in [-0.39, 0.29) is 5.56 Å². The Morgan fingerprint density at radius 2 is 2.18 bits per heavy atom. The van der Waals surface area contributed by atoms with Crippen LogP contribution in [-0.4, -0.2) is 14.6 Å². The van der Waals surface area contributed by atoms with Gasteiger partial charge in [0, 0.05) is 35.2 Å². The Morgan fingerprint density at radius 3 is 2.91 bits per heavy atom. The predicted molar refractivity (Wildman–Crippen MR) is 86.7 cm³/mol. The minimum Gasteiger partial charge on any atom is -0.297 e. The van der Waals surface area contributed by atoms with Gasteiger partial charge in [0.1, 0.15) is 0 Å². The molecule has 1 aliphatic carbocycles. The van der Waals surface area contributed by atoms with Crippen molar-refractivity contribution < 1.29 is 0 Å². The summed E-state index contributed by atoms with van der Waals surface area (Å²) in [5.41, 5.74) is 3.49. The molecular formula is C17H16ClN3O. The maximum atomic E-state index is 12.8. The maximum Gasteiger partial charge on any atom is 0.276 e. The molecule has 0 spiro atoms. The fourth-order valence-electron chi connectivity index (χ4n) is 3.05. The van der Waals surface area contributed by atoms with Gasteiger partial charge in [0.2, 0.25) is 0 Å². The molecule has 22 heavy (non-hydrogen) atoms. The number of aromatic amines is 1. The third kappa shape index (κ3) is 2.24. The van der Waals surface area contributed by atoms with Gasteiger partial charge in [-0.05, 0) is 30.5 Å². The number of benzene rings is 1. The summed E-state index contributed by atoms with van der Waals surface area (Å²) in [5.74, 6) is 0.418. The van der Waals surface area contributed by atoms with Crippen LogP contribution in [0.2, 0.25) is 5.02 Å². The summed E-state index contributed by atoms with van der Waals surface area (Å²) in [6, 6.07) is 9.51. The fourth-order valence-corrected chi connectivity index (χ4v) is 3.26. The Balaban J connectivity index is 1.86. The van der Waals surface area contributed by atoms with Gasteiger partial charge >= 0.3 is 0 Å². The number of nitrogens with one attached hydrogen (secondary N) is 1. The van der Waals surface area contributed by atoms with Crippen molar-refractivity contribution in [1.82, 2.24) is 14.6 Å². The molecule has 1 aromatic carbocycles. The van der Waals surface area contributed by atoms with Crippen LogP contribution in [0.15, 0.2) is 41.3 Å². The quantitative estimate of drug-likeness (QED) is 0.804. The first-order valence-corrected chi connectivity index (χ1v) is 7.93. The van der Waals surface area contributed by atoms with Crippen LogP contribution in [0.3, 0.4) is 0 Å². The van der Waals surface area contributed by atoms with Crippen molar-refractivity contribution in [3.05, 3.63) is 68.7 Å². The van der Waals surface area contributed by atoms with Gasteiger partial charge in [-0.25, -0.2) is 9.50 Å². The van der Waals surface area contributed by atoms with Crippen molar-refractivity contribution in [3.63, 3.8) is 0 Å². The largest absolute Gasteiger partial charge is 0.297 e. The van der Waals surface area contributed by atoms with E-state index in [1.165, 1.54) is 10.9 Å². The topological polar surface area (TPSA) is 50.2 Å². The summed E-state index contributed by atoms with van der Waals surface area (Å²) in [5, 5.41) is 3.63. The van der Waals surface area contributed by atoms with Crippen molar-refractivity contribution >= 4 is 17.2 Å². The lowest BCUT2D eigenvalue weighted by Crippen LogP contribution is -2.26. The number of nitrogens with zero attached hydrogens (tertiary/aromatic N) is 2. The third-order valence-electron chi connectivity index (χ3n) is 4.43. The SMILES string of the molecule is O=c1c(Cc2cccc(Cl)c2)c(C2CCC2)nc2cc[nH]n12. The Bertz CT molecular complexity index is 892. The number of fused-ring (bicyclic) bond motifs is 1. The third-order valence-corrected chi connectivity index (χ3v) is 4.67. The van der Waals surface area contributed by atoms with E-state index in [9.17, 15) is 4.79 Å². The molecule has 0 atom stereocenters. The second-order valence-corrected chi connectivity index (χ2v) is 6.31. The number of hydrogen-bond donors (Lipinski definition) is 1. The normalized spacial score (nSPS) is 15.1. The zero-order valence-electron chi connectivity index (χ0n) is 12.1. The molecule has 1 fully saturated rings. The van der Waals surface area contributed by atoms with Gasteiger partial charge in [0.05, 0.1) is 5.69 Å². The molecule has 4 nitrogen and oxygen atoms in total. The Morgan fingerprint density at radius 1 is 1.32 bits per heavy atom. The van der Waals surface area contributed by atoms with Gasteiger partial charge in [0.15, 0.2) is 5.65 Å². The zero-order chi connectivity index (χ0) is 15.1. The molecule has 1 N–H and O–H groups in total. The lowest BCUT2D eigenvalue weighted by molar-refractivity contribution is 0.408. The average molecular weight is 314 g/mol. The highest BCUT2D eigenvalue weighted by Gasteiger charge is 2.26. The Kier molecular flexibility index (Phi) is 3.26. The standard InChI is InChI=1S/C17H16ClN3O/c18-13-6-1-3-11(9-13)10-14-16(12-4-2-5-12)20-15-7-8-19-21(15)17(14)22/h1,3,6-9,12,19H,2,4-5,10H2. The molecule has 1 saturated carbocycles. The van der Waals surface area contributed by atoms with Crippen LogP contribution in [0.5, 0.6) is 0 Å². The number of rotatable bonds is 3. The van der Waals surface area contributed by atoms with Gasteiger partial charge in [-0.1, -0.05) is 30.2 Å². The lowest BCUT2D eigenvalue weighted by atomic mass is 9.80. The van der Waals surface area contributed by atoms with E-state index in [0.29, 0.717) is 23.0 Å². The van der Waals surface area contributed by atoms with Gasteiger partial charge in [0.25, 0.3) is 5.56 Å². The smallest absolute Gasteiger partial charge is 0.276 e. The number of aromatic nitrogens is 3. The van der Waals surface area contributed by atoms with Crippen molar-refractivity contribution in [2.45, 2.75) is 31.6 Å². The minimum absolute atomic E-state index is 0.00289. The second kappa shape index (κ2) is 5.29. The second-order valence-electron chi connectivity index (χ2n) is 5.87. The number of hydrogen-bond acceptors (Lipinski definition) is 2. The van der Waals surface area contributed by atoms with Crippen molar-refractivity contribution in [3.8, 4) is 0 Å². The van der Waals surface area contributed by atoms with Crippen LogP contribution in [-0.2, 0) is 6.42 Å².